The van der Waals surface area contributed by atoms with Crippen LogP contribution < -0.4 is 0 Å². The molecular weight excluding hydrogens is 601 g/mol. The third-order valence-electron chi connectivity index (χ3n) is 10.3. The molecule has 0 aliphatic carbocycles. The predicted octanol–water partition coefficient (Wildman–Crippen LogP) is 14.0. The van der Waals surface area contributed by atoms with E-state index in [0.29, 0.717) is 0 Å². The van der Waals surface area contributed by atoms with E-state index < -0.39 is 0 Å². The molecule has 0 saturated heterocycles. The molecule has 6 rings (SSSR count). The average Bonchev–Trinajstić information content (AvgIpc) is 3.66. The summed E-state index contributed by atoms with van der Waals surface area (Å²) in [6.45, 7) is 11.3. The lowest BCUT2D eigenvalue weighted by molar-refractivity contribution is 0.667. The summed E-state index contributed by atoms with van der Waals surface area (Å²) in [5.41, 5.74) is 9.13. The molecule has 0 unspecified atom stereocenters. The van der Waals surface area contributed by atoms with Gasteiger partial charge in [-0.2, -0.15) is 0 Å². The van der Waals surface area contributed by atoms with E-state index in [1.165, 1.54) is 142 Å². The standard InChI is InChI=1S/C45H56N2S/c1-6-9-12-15-18-34-21-25-37(26-22-34)47-44-39-28-24-36(20-17-14-11-8-3)31-42(39)41-30-35(19-16-13-10-7-2)23-27-38(41)43(44)46-45(47)40-29-32(4)48-33(40)5/h21-31H,6-20H2,1-5H3. The van der Waals surface area contributed by atoms with E-state index in [0.717, 1.165) is 30.6 Å². The number of hydrogen-bond donors (Lipinski definition) is 0. The Morgan fingerprint density at radius 3 is 1.60 bits per heavy atom. The van der Waals surface area contributed by atoms with Crippen LogP contribution in [0.25, 0.3) is 49.7 Å². The Hall–Kier alpha value is -3.43. The van der Waals surface area contributed by atoms with E-state index in [1.54, 1.807) is 0 Å². The smallest absolute Gasteiger partial charge is 0.146 e. The summed E-state index contributed by atoms with van der Waals surface area (Å²) in [6.07, 6.45) is 18.9. The van der Waals surface area contributed by atoms with Gasteiger partial charge in [-0.05, 0) is 98.0 Å². The Bertz CT molecular complexity index is 1960. The van der Waals surface area contributed by atoms with Gasteiger partial charge in [0.25, 0.3) is 0 Å². The van der Waals surface area contributed by atoms with Crippen molar-refractivity contribution < 1.29 is 0 Å². The Balaban J connectivity index is 1.55. The highest BCUT2D eigenvalue weighted by Crippen LogP contribution is 2.42. The summed E-state index contributed by atoms with van der Waals surface area (Å²) in [5, 5.41) is 5.32. The van der Waals surface area contributed by atoms with Crippen LogP contribution in [-0.4, -0.2) is 9.55 Å². The number of benzene rings is 4. The molecule has 252 valence electrons. The summed E-state index contributed by atoms with van der Waals surface area (Å²) >= 11 is 1.87. The highest BCUT2D eigenvalue weighted by molar-refractivity contribution is 7.12. The van der Waals surface area contributed by atoms with Crippen LogP contribution in [0, 0.1) is 13.8 Å². The molecule has 0 fully saturated rings. The van der Waals surface area contributed by atoms with Crippen molar-refractivity contribution >= 4 is 43.9 Å². The van der Waals surface area contributed by atoms with Crippen molar-refractivity contribution in [3.63, 3.8) is 0 Å². The third kappa shape index (κ3) is 7.57. The second kappa shape index (κ2) is 16.3. The first kappa shape index (κ1) is 34.4. The number of rotatable bonds is 17. The maximum absolute atomic E-state index is 5.58. The summed E-state index contributed by atoms with van der Waals surface area (Å²) < 4.78 is 2.48. The number of nitrogens with zero attached hydrogens (tertiary/aromatic N) is 2. The van der Waals surface area contributed by atoms with Gasteiger partial charge in [0, 0.05) is 31.8 Å². The van der Waals surface area contributed by atoms with Gasteiger partial charge in [0.2, 0.25) is 0 Å². The highest BCUT2D eigenvalue weighted by atomic mass is 32.1. The summed E-state index contributed by atoms with van der Waals surface area (Å²) in [4.78, 5) is 8.24. The van der Waals surface area contributed by atoms with Gasteiger partial charge >= 0.3 is 0 Å². The summed E-state index contributed by atoms with van der Waals surface area (Å²) in [5.74, 6) is 1.06. The zero-order chi connectivity index (χ0) is 33.5. The highest BCUT2D eigenvalue weighted by Gasteiger charge is 2.22. The molecule has 0 aliphatic rings. The van der Waals surface area contributed by atoms with Crippen LogP contribution in [-0.2, 0) is 19.3 Å². The van der Waals surface area contributed by atoms with Crippen LogP contribution in [0.5, 0.6) is 0 Å². The molecule has 6 aromatic rings. The zero-order valence-corrected chi connectivity index (χ0v) is 31.1. The molecule has 0 amide bonds. The zero-order valence-electron chi connectivity index (χ0n) is 30.3. The normalized spacial score (nSPS) is 11.9. The molecule has 0 spiro atoms. The molecule has 4 aromatic carbocycles. The van der Waals surface area contributed by atoms with Gasteiger partial charge in [0.15, 0.2) is 0 Å². The number of thiophene rings is 1. The molecule has 48 heavy (non-hydrogen) atoms. The van der Waals surface area contributed by atoms with Crippen molar-refractivity contribution in [1.29, 1.82) is 0 Å². The van der Waals surface area contributed by atoms with Crippen molar-refractivity contribution in [3.8, 4) is 17.1 Å². The van der Waals surface area contributed by atoms with Crippen LogP contribution in [0.2, 0.25) is 0 Å². The molecule has 0 radical (unpaired) electrons. The van der Waals surface area contributed by atoms with Gasteiger partial charge in [-0.25, -0.2) is 4.98 Å². The molecule has 0 aliphatic heterocycles. The van der Waals surface area contributed by atoms with Crippen molar-refractivity contribution in [2.45, 2.75) is 131 Å². The van der Waals surface area contributed by atoms with Crippen LogP contribution in [0.1, 0.15) is 124 Å². The van der Waals surface area contributed by atoms with Crippen LogP contribution >= 0.6 is 11.3 Å². The molecule has 0 saturated carbocycles. The first-order valence-electron chi connectivity index (χ1n) is 19.1. The Morgan fingerprint density at radius 1 is 0.542 bits per heavy atom. The lowest BCUT2D eigenvalue weighted by atomic mass is 9.94. The number of aromatic nitrogens is 2. The third-order valence-corrected chi connectivity index (χ3v) is 11.2. The molecule has 2 nitrogen and oxygen atoms in total. The maximum atomic E-state index is 5.58. The quantitative estimate of drug-likeness (QED) is 0.0705. The van der Waals surface area contributed by atoms with Gasteiger partial charge in [-0.15, -0.1) is 11.3 Å². The lowest BCUT2D eigenvalue weighted by Crippen LogP contribution is -1.99. The Kier molecular flexibility index (Phi) is 11.7. The van der Waals surface area contributed by atoms with E-state index in [1.807, 2.05) is 11.3 Å². The first-order valence-corrected chi connectivity index (χ1v) is 19.9. The topological polar surface area (TPSA) is 17.8 Å². The van der Waals surface area contributed by atoms with Crippen molar-refractivity contribution in [1.82, 2.24) is 9.55 Å². The summed E-state index contributed by atoms with van der Waals surface area (Å²) in [6, 6.07) is 26.3. The Labute approximate surface area is 293 Å². The monoisotopic (exact) mass is 656 g/mol. The van der Waals surface area contributed by atoms with E-state index in [-0.39, 0.29) is 0 Å². The van der Waals surface area contributed by atoms with E-state index in [4.69, 9.17) is 4.98 Å². The second-order valence-corrected chi connectivity index (χ2v) is 15.6. The molecule has 2 heterocycles. The minimum Gasteiger partial charge on any atom is -0.292 e. The molecular formula is C45H56N2S. The van der Waals surface area contributed by atoms with E-state index in [9.17, 15) is 0 Å². The minimum absolute atomic E-state index is 1.06. The fraction of sp³-hybridized carbons (Fsp3) is 0.444. The molecule has 0 atom stereocenters. The largest absolute Gasteiger partial charge is 0.292 e. The molecule has 2 aromatic heterocycles. The van der Waals surface area contributed by atoms with Gasteiger partial charge in [0.05, 0.1) is 11.0 Å². The van der Waals surface area contributed by atoms with Gasteiger partial charge in [-0.1, -0.05) is 127 Å². The fourth-order valence-corrected chi connectivity index (χ4v) is 8.49. The second-order valence-electron chi connectivity index (χ2n) is 14.2. The van der Waals surface area contributed by atoms with Gasteiger partial charge < -0.3 is 0 Å². The van der Waals surface area contributed by atoms with Crippen molar-refractivity contribution in [2.24, 2.45) is 0 Å². The van der Waals surface area contributed by atoms with Crippen molar-refractivity contribution in [3.05, 3.63) is 93.2 Å². The number of hydrogen-bond acceptors (Lipinski definition) is 2. The van der Waals surface area contributed by atoms with Crippen LogP contribution in [0.4, 0.5) is 0 Å². The predicted molar refractivity (Wildman–Crippen MR) is 212 cm³/mol. The minimum atomic E-state index is 1.06. The molecule has 0 bridgehead atoms. The van der Waals surface area contributed by atoms with Gasteiger partial charge in [0.1, 0.15) is 5.82 Å². The molecule has 3 heteroatoms. The average molecular weight is 657 g/mol. The van der Waals surface area contributed by atoms with E-state index >= 15 is 0 Å². The maximum Gasteiger partial charge on any atom is 0.146 e. The Morgan fingerprint density at radius 2 is 1.06 bits per heavy atom. The lowest BCUT2D eigenvalue weighted by Gasteiger charge is -2.15. The molecule has 0 N–H and O–H groups in total. The van der Waals surface area contributed by atoms with Crippen molar-refractivity contribution in [2.75, 3.05) is 0 Å². The van der Waals surface area contributed by atoms with Gasteiger partial charge in [-0.3, -0.25) is 4.57 Å². The van der Waals surface area contributed by atoms with E-state index in [2.05, 4.69) is 106 Å². The SMILES string of the molecule is CCCCCCc1ccc(-n2c(-c3cc(C)sc3C)nc3c4ccc(CCCCCC)cc4c4cc(CCCCCC)ccc4c32)cc1. The fourth-order valence-electron chi connectivity index (χ4n) is 7.57. The number of unbranched alkanes of at least 4 members (excludes halogenated alkanes) is 9. The number of aryl methyl sites for hydroxylation is 5. The first-order chi connectivity index (χ1) is 23.5. The number of fused-ring (bicyclic) bond motifs is 6. The van der Waals surface area contributed by atoms with Crippen LogP contribution in [0.15, 0.2) is 66.7 Å². The van der Waals surface area contributed by atoms with Crippen LogP contribution in [0.3, 0.4) is 0 Å². The summed E-state index contributed by atoms with van der Waals surface area (Å²) in [7, 11) is 0. The number of imidazole rings is 1.